The maximum absolute atomic E-state index is 13.4. The highest BCUT2D eigenvalue weighted by molar-refractivity contribution is 7.21. The molecule has 3 atom stereocenters. The summed E-state index contributed by atoms with van der Waals surface area (Å²) in [6.07, 6.45) is 3.40. The van der Waals surface area contributed by atoms with Crippen LogP contribution in [0.15, 0.2) is 24.3 Å². The molecule has 33 heavy (non-hydrogen) atoms. The van der Waals surface area contributed by atoms with E-state index in [2.05, 4.69) is 28.2 Å². The Hall–Kier alpha value is -2.74. The monoisotopic (exact) mass is 467 g/mol. The highest BCUT2D eigenvalue weighted by Crippen LogP contribution is 2.34. The Morgan fingerprint density at radius 3 is 2.82 bits per heavy atom. The lowest BCUT2D eigenvalue weighted by Gasteiger charge is -2.26. The molecule has 1 amide bonds. The predicted molar refractivity (Wildman–Crippen MR) is 132 cm³/mol. The van der Waals surface area contributed by atoms with Gasteiger partial charge in [0, 0.05) is 41.8 Å². The zero-order chi connectivity index (χ0) is 23.1. The first-order chi connectivity index (χ1) is 16.0. The molecule has 3 N–H and O–H groups in total. The fourth-order valence-electron chi connectivity index (χ4n) is 5.17. The minimum Gasteiger partial charge on any atom is -0.397 e. The maximum atomic E-state index is 13.4. The van der Waals surface area contributed by atoms with Crippen molar-refractivity contribution in [2.45, 2.75) is 45.6 Å². The number of rotatable bonds is 5. The zero-order valence-corrected chi connectivity index (χ0v) is 19.9. The average molecular weight is 468 g/mol. The number of nitrogens with two attached hydrogens (primary N) is 1. The van der Waals surface area contributed by atoms with Gasteiger partial charge < -0.3 is 16.0 Å². The van der Waals surface area contributed by atoms with Crippen LogP contribution in [-0.4, -0.2) is 41.7 Å². The van der Waals surface area contributed by atoms with Gasteiger partial charge in [-0.1, -0.05) is 19.4 Å². The van der Waals surface area contributed by atoms with Crippen LogP contribution in [0.4, 0.5) is 15.9 Å². The van der Waals surface area contributed by atoms with Gasteiger partial charge in [-0.25, -0.2) is 9.97 Å². The minimum atomic E-state index is -0.263. The average Bonchev–Trinajstić information content (AvgIpc) is 3.39. The van der Waals surface area contributed by atoms with Crippen LogP contribution in [0.2, 0.25) is 0 Å². The van der Waals surface area contributed by atoms with Crippen molar-refractivity contribution in [1.82, 2.24) is 15.3 Å². The lowest BCUT2D eigenvalue weighted by Crippen LogP contribution is -2.39. The van der Waals surface area contributed by atoms with Crippen LogP contribution < -0.4 is 16.0 Å². The quantitative estimate of drug-likeness (QED) is 0.584. The number of nitrogen functional groups attached to an aromatic ring is 1. The second-order valence-corrected chi connectivity index (χ2v) is 10.3. The molecule has 0 bridgehead atoms. The van der Waals surface area contributed by atoms with Crippen LogP contribution >= 0.6 is 11.3 Å². The molecular formula is C25H30FN5OS. The molecular weight excluding hydrogens is 437 g/mol. The largest absolute Gasteiger partial charge is 0.397 e. The summed E-state index contributed by atoms with van der Waals surface area (Å²) in [7, 11) is 0. The molecule has 0 unspecified atom stereocenters. The summed E-state index contributed by atoms with van der Waals surface area (Å²) in [5.41, 5.74) is 9.94. The number of anilines is 2. The summed E-state index contributed by atoms with van der Waals surface area (Å²) in [4.78, 5) is 26.0. The smallest absolute Gasteiger partial charge is 0.263 e. The SMILES string of the molecule is CC[C@H]1CN(c2ccc3c(n2)CC[C@H](NC(=O)c2sc4nc(C)ccc4c2N)C3)C[C@H]1CF. The van der Waals surface area contributed by atoms with Gasteiger partial charge in [0.05, 0.1) is 12.4 Å². The normalized spacial score (nSPS) is 22.5. The van der Waals surface area contributed by atoms with Gasteiger partial charge in [-0.15, -0.1) is 11.3 Å². The van der Waals surface area contributed by atoms with E-state index in [1.165, 1.54) is 16.9 Å². The molecule has 0 saturated carbocycles. The van der Waals surface area contributed by atoms with Crippen molar-refractivity contribution >= 4 is 39.0 Å². The van der Waals surface area contributed by atoms with E-state index < -0.39 is 0 Å². The number of nitrogens with zero attached hydrogens (tertiary/aromatic N) is 3. The second-order valence-electron chi connectivity index (χ2n) is 9.33. The maximum Gasteiger partial charge on any atom is 0.263 e. The van der Waals surface area contributed by atoms with Crippen molar-refractivity contribution in [3.8, 4) is 0 Å². The molecule has 1 aliphatic carbocycles. The van der Waals surface area contributed by atoms with E-state index in [4.69, 9.17) is 10.7 Å². The molecule has 0 aromatic carbocycles. The summed E-state index contributed by atoms with van der Waals surface area (Å²) >= 11 is 1.35. The lowest BCUT2D eigenvalue weighted by molar-refractivity contribution is 0.0938. The van der Waals surface area contributed by atoms with Crippen molar-refractivity contribution in [2.24, 2.45) is 11.8 Å². The summed E-state index contributed by atoms with van der Waals surface area (Å²) in [6.45, 7) is 5.42. The van der Waals surface area contributed by atoms with E-state index >= 15 is 0 Å². The van der Waals surface area contributed by atoms with Crippen LogP contribution in [-0.2, 0) is 12.8 Å². The Balaban J connectivity index is 1.27. The number of nitrogens with one attached hydrogen (secondary N) is 1. The molecule has 1 saturated heterocycles. The summed E-state index contributed by atoms with van der Waals surface area (Å²) in [5, 5.41) is 4.01. The molecule has 0 spiro atoms. The van der Waals surface area contributed by atoms with E-state index in [1.54, 1.807) is 0 Å². The number of hydrogen-bond acceptors (Lipinski definition) is 6. The van der Waals surface area contributed by atoms with E-state index in [9.17, 15) is 9.18 Å². The Morgan fingerprint density at radius 2 is 2.06 bits per heavy atom. The third kappa shape index (κ3) is 4.16. The number of carbonyl (C=O) groups is 1. The molecule has 5 rings (SSSR count). The van der Waals surface area contributed by atoms with Gasteiger partial charge in [0.15, 0.2) is 0 Å². The number of thiophene rings is 1. The Morgan fingerprint density at radius 1 is 1.24 bits per heavy atom. The first-order valence-electron chi connectivity index (χ1n) is 11.7. The van der Waals surface area contributed by atoms with Crippen molar-refractivity contribution < 1.29 is 9.18 Å². The van der Waals surface area contributed by atoms with E-state index in [0.717, 1.165) is 66.2 Å². The highest BCUT2D eigenvalue weighted by Gasteiger charge is 2.33. The Labute approximate surface area is 197 Å². The fraction of sp³-hybridized carbons (Fsp3) is 0.480. The fourth-order valence-corrected chi connectivity index (χ4v) is 6.21. The van der Waals surface area contributed by atoms with E-state index in [1.807, 2.05) is 25.1 Å². The Kier molecular flexibility index (Phi) is 5.95. The number of halogens is 1. The van der Waals surface area contributed by atoms with Gasteiger partial charge in [-0.2, -0.15) is 0 Å². The van der Waals surface area contributed by atoms with Crippen molar-refractivity contribution in [3.63, 3.8) is 0 Å². The Bertz CT molecular complexity index is 1180. The summed E-state index contributed by atoms with van der Waals surface area (Å²) in [5.74, 6) is 1.32. The van der Waals surface area contributed by atoms with Crippen LogP contribution in [0, 0.1) is 18.8 Å². The summed E-state index contributed by atoms with van der Waals surface area (Å²) < 4.78 is 13.4. The van der Waals surface area contributed by atoms with Crippen LogP contribution in [0.1, 0.15) is 46.4 Å². The lowest BCUT2D eigenvalue weighted by atomic mass is 9.91. The first kappa shape index (κ1) is 22.1. The number of aromatic nitrogens is 2. The van der Waals surface area contributed by atoms with E-state index in [0.29, 0.717) is 16.5 Å². The number of alkyl halides is 1. The first-order valence-corrected chi connectivity index (χ1v) is 12.5. The molecule has 1 fully saturated rings. The van der Waals surface area contributed by atoms with Crippen LogP contribution in [0.3, 0.4) is 0 Å². The van der Waals surface area contributed by atoms with Crippen molar-refractivity contribution in [1.29, 1.82) is 0 Å². The number of pyridine rings is 2. The number of hydrogen-bond donors (Lipinski definition) is 2. The van der Waals surface area contributed by atoms with Gasteiger partial charge in [-0.3, -0.25) is 9.18 Å². The molecule has 0 radical (unpaired) electrons. The van der Waals surface area contributed by atoms with Crippen molar-refractivity contribution in [2.75, 3.05) is 30.4 Å². The topological polar surface area (TPSA) is 84.1 Å². The molecule has 2 aliphatic rings. The number of amides is 1. The van der Waals surface area contributed by atoms with Crippen LogP contribution in [0.25, 0.3) is 10.2 Å². The summed E-state index contributed by atoms with van der Waals surface area (Å²) in [6, 6.07) is 8.06. The molecule has 4 heterocycles. The van der Waals surface area contributed by atoms with E-state index in [-0.39, 0.29) is 24.5 Å². The highest BCUT2D eigenvalue weighted by atomic mass is 32.1. The molecule has 6 nitrogen and oxygen atoms in total. The number of fused-ring (bicyclic) bond motifs is 2. The van der Waals surface area contributed by atoms with Crippen LogP contribution in [0.5, 0.6) is 0 Å². The third-order valence-corrected chi connectivity index (χ3v) is 8.26. The zero-order valence-electron chi connectivity index (χ0n) is 19.1. The second kappa shape index (κ2) is 8.89. The standard InChI is InChI=1S/C25H30FN5OS/c1-3-15-12-31(13-17(15)11-26)21-9-5-16-10-18(6-8-20(16)30-21)29-24(32)23-22(27)19-7-4-14(2)28-25(19)33-23/h4-5,7,9,15,17-18H,3,6,8,10-13,27H2,1-2H3,(H,29,32)/t15-,17+,18-/m0/s1. The third-order valence-electron chi connectivity index (χ3n) is 7.15. The van der Waals surface area contributed by atoms with Gasteiger partial charge in [-0.05, 0) is 55.9 Å². The molecule has 174 valence electrons. The minimum absolute atomic E-state index is 0.0455. The van der Waals surface area contributed by atoms with Gasteiger partial charge >= 0.3 is 0 Å². The molecule has 8 heteroatoms. The van der Waals surface area contributed by atoms with Gasteiger partial charge in [0.2, 0.25) is 0 Å². The number of carbonyl (C=O) groups excluding carboxylic acids is 1. The molecule has 3 aromatic rings. The molecule has 3 aromatic heterocycles. The van der Waals surface area contributed by atoms with Gasteiger partial charge in [0.1, 0.15) is 15.5 Å². The number of aryl methyl sites for hydroxylation is 2. The van der Waals surface area contributed by atoms with Gasteiger partial charge in [0.25, 0.3) is 5.91 Å². The predicted octanol–water partition coefficient (Wildman–Crippen LogP) is 4.30. The van der Waals surface area contributed by atoms with Crippen molar-refractivity contribution in [3.05, 3.63) is 46.1 Å². The molecule has 1 aliphatic heterocycles.